The summed E-state index contributed by atoms with van der Waals surface area (Å²) >= 11 is 5.87. The summed E-state index contributed by atoms with van der Waals surface area (Å²) in [5.74, 6) is 0.909. The van der Waals surface area contributed by atoms with E-state index in [4.69, 9.17) is 11.6 Å². The fraction of sp³-hybridized carbons (Fsp3) is 0.333. The molecule has 0 amide bonds. The molecule has 4 nitrogen and oxygen atoms in total. The van der Waals surface area contributed by atoms with Crippen LogP contribution in [0.3, 0.4) is 0 Å². The number of nitrogens with zero attached hydrogens (tertiary/aromatic N) is 4. The Kier molecular flexibility index (Phi) is 3.45. The van der Waals surface area contributed by atoms with Gasteiger partial charge in [0.1, 0.15) is 17.2 Å². The molecule has 3 aromatic rings. The van der Waals surface area contributed by atoms with Gasteiger partial charge in [0.2, 0.25) is 0 Å². The van der Waals surface area contributed by atoms with Gasteiger partial charge in [0.25, 0.3) is 0 Å². The first-order valence-electron chi connectivity index (χ1n) is 6.76. The molecule has 0 aliphatic carbocycles. The van der Waals surface area contributed by atoms with Crippen molar-refractivity contribution in [2.24, 2.45) is 7.05 Å². The van der Waals surface area contributed by atoms with Crippen LogP contribution in [0, 0.1) is 19.7 Å². The van der Waals surface area contributed by atoms with Crippen LogP contribution in [0.5, 0.6) is 0 Å². The number of benzene rings is 1. The molecule has 0 aliphatic heterocycles. The molecule has 3 rings (SSSR count). The number of alkyl halides is 1. The van der Waals surface area contributed by atoms with Crippen molar-refractivity contribution in [3.05, 3.63) is 41.1 Å². The van der Waals surface area contributed by atoms with E-state index in [0.717, 1.165) is 28.2 Å². The molecule has 110 valence electrons. The highest BCUT2D eigenvalue weighted by Crippen LogP contribution is 2.26. The van der Waals surface area contributed by atoms with E-state index in [9.17, 15) is 4.39 Å². The minimum Gasteiger partial charge on any atom is -0.278 e. The minimum atomic E-state index is -0.274. The lowest BCUT2D eigenvalue weighted by Gasteiger charge is -2.10. The number of imidazole rings is 1. The first-order chi connectivity index (χ1) is 10.0. The van der Waals surface area contributed by atoms with Gasteiger partial charge >= 0.3 is 0 Å². The molecule has 1 aromatic carbocycles. The molecule has 0 atom stereocenters. The van der Waals surface area contributed by atoms with Crippen LogP contribution in [0.4, 0.5) is 4.39 Å². The number of fused-ring (bicyclic) bond motifs is 1. The van der Waals surface area contributed by atoms with Crippen molar-refractivity contribution in [1.29, 1.82) is 0 Å². The number of aromatic nitrogens is 4. The maximum absolute atomic E-state index is 14.4. The molecule has 0 fully saturated rings. The number of hydrogen-bond acceptors (Lipinski definition) is 2. The van der Waals surface area contributed by atoms with Gasteiger partial charge in [-0.25, -0.2) is 14.1 Å². The van der Waals surface area contributed by atoms with Gasteiger partial charge in [-0.3, -0.25) is 4.57 Å². The standard InChI is InChI=1S/C15H16ClFN4/c1-9-4-5-12(11(17)8-9)21-13(6-7-16)18-14-10(2)19-20(3)15(14)21/h4-5,8H,6-7H2,1-3H3. The summed E-state index contributed by atoms with van der Waals surface area (Å²) in [6.45, 7) is 3.76. The first kappa shape index (κ1) is 14.1. The van der Waals surface area contributed by atoms with Crippen molar-refractivity contribution in [2.45, 2.75) is 20.3 Å². The maximum atomic E-state index is 14.4. The first-order valence-corrected chi connectivity index (χ1v) is 7.29. The van der Waals surface area contributed by atoms with Crippen LogP contribution in [0.1, 0.15) is 17.1 Å². The summed E-state index contributed by atoms with van der Waals surface area (Å²) in [4.78, 5) is 4.59. The topological polar surface area (TPSA) is 35.6 Å². The predicted octanol–water partition coefficient (Wildman–Crippen LogP) is 3.30. The van der Waals surface area contributed by atoms with Crippen LogP contribution in [0.2, 0.25) is 0 Å². The minimum absolute atomic E-state index is 0.274. The molecule has 0 bridgehead atoms. The molecule has 0 unspecified atom stereocenters. The monoisotopic (exact) mass is 306 g/mol. The quantitative estimate of drug-likeness (QED) is 0.696. The van der Waals surface area contributed by atoms with E-state index >= 15 is 0 Å². The van der Waals surface area contributed by atoms with Crippen LogP contribution in [0.15, 0.2) is 18.2 Å². The SMILES string of the molecule is Cc1ccc(-n2c(CCCl)nc3c(C)nn(C)c32)c(F)c1. The Labute approximate surface area is 127 Å². The van der Waals surface area contributed by atoms with Gasteiger partial charge in [0, 0.05) is 19.3 Å². The molecule has 2 aromatic heterocycles. The summed E-state index contributed by atoms with van der Waals surface area (Å²) in [7, 11) is 1.84. The van der Waals surface area contributed by atoms with Crippen molar-refractivity contribution in [3.8, 4) is 5.69 Å². The van der Waals surface area contributed by atoms with E-state index < -0.39 is 0 Å². The van der Waals surface area contributed by atoms with Gasteiger partial charge in [0.15, 0.2) is 5.65 Å². The highest BCUT2D eigenvalue weighted by molar-refractivity contribution is 6.17. The second-order valence-corrected chi connectivity index (χ2v) is 5.52. The van der Waals surface area contributed by atoms with E-state index in [2.05, 4.69) is 10.1 Å². The van der Waals surface area contributed by atoms with Gasteiger partial charge in [-0.2, -0.15) is 5.10 Å². The van der Waals surface area contributed by atoms with E-state index in [-0.39, 0.29) is 5.82 Å². The van der Waals surface area contributed by atoms with Crippen molar-refractivity contribution in [2.75, 3.05) is 5.88 Å². The predicted molar refractivity (Wildman–Crippen MR) is 81.7 cm³/mol. The average Bonchev–Trinajstić information content (AvgIpc) is 2.90. The van der Waals surface area contributed by atoms with Gasteiger partial charge in [-0.15, -0.1) is 11.6 Å². The smallest absolute Gasteiger partial charge is 0.163 e. The number of hydrogen-bond donors (Lipinski definition) is 0. The van der Waals surface area contributed by atoms with Crippen molar-refractivity contribution >= 4 is 22.8 Å². The van der Waals surface area contributed by atoms with Crippen LogP contribution in [-0.2, 0) is 13.5 Å². The van der Waals surface area contributed by atoms with Crippen molar-refractivity contribution in [3.63, 3.8) is 0 Å². The normalized spacial score (nSPS) is 11.5. The lowest BCUT2D eigenvalue weighted by molar-refractivity contribution is 0.613. The van der Waals surface area contributed by atoms with Crippen molar-refractivity contribution < 1.29 is 4.39 Å². The van der Waals surface area contributed by atoms with Gasteiger partial charge < -0.3 is 0 Å². The van der Waals surface area contributed by atoms with Crippen LogP contribution in [-0.4, -0.2) is 25.2 Å². The summed E-state index contributed by atoms with van der Waals surface area (Å²) < 4.78 is 17.9. The van der Waals surface area contributed by atoms with Gasteiger partial charge in [0.05, 0.1) is 11.4 Å². The third-order valence-electron chi connectivity index (χ3n) is 3.53. The zero-order valence-corrected chi connectivity index (χ0v) is 12.9. The lowest BCUT2D eigenvalue weighted by Crippen LogP contribution is -2.08. The summed E-state index contributed by atoms with van der Waals surface area (Å²) in [6.07, 6.45) is 0.572. The molecule has 21 heavy (non-hydrogen) atoms. The fourth-order valence-corrected chi connectivity index (χ4v) is 2.79. The number of aryl methyl sites for hydroxylation is 4. The molecule has 0 saturated carbocycles. The molecular weight excluding hydrogens is 291 g/mol. The fourth-order valence-electron chi connectivity index (χ4n) is 2.62. The van der Waals surface area contributed by atoms with Gasteiger partial charge in [-0.05, 0) is 31.5 Å². The third kappa shape index (κ3) is 2.21. The Hall–Kier alpha value is -1.88. The molecule has 0 spiro atoms. The Morgan fingerprint density at radius 3 is 2.71 bits per heavy atom. The molecule has 0 radical (unpaired) electrons. The Balaban J connectivity index is 2.35. The Bertz CT molecular complexity index is 819. The molecule has 6 heteroatoms. The zero-order valence-electron chi connectivity index (χ0n) is 12.2. The third-order valence-corrected chi connectivity index (χ3v) is 3.72. The van der Waals surface area contributed by atoms with E-state index in [0.29, 0.717) is 18.0 Å². The Morgan fingerprint density at radius 1 is 1.29 bits per heavy atom. The molecule has 0 N–H and O–H groups in total. The largest absolute Gasteiger partial charge is 0.278 e. The summed E-state index contributed by atoms with van der Waals surface area (Å²) in [5.41, 5.74) is 3.77. The zero-order chi connectivity index (χ0) is 15.1. The van der Waals surface area contributed by atoms with Crippen LogP contribution in [0.25, 0.3) is 16.9 Å². The number of halogens is 2. The highest BCUT2D eigenvalue weighted by Gasteiger charge is 2.20. The number of rotatable bonds is 3. The van der Waals surface area contributed by atoms with Crippen molar-refractivity contribution in [1.82, 2.24) is 19.3 Å². The van der Waals surface area contributed by atoms with Crippen LogP contribution >= 0.6 is 11.6 Å². The maximum Gasteiger partial charge on any atom is 0.163 e. The second-order valence-electron chi connectivity index (χ2n) is 5.14. The second kappa shape index (κ2) is 5.15. The van der Waals surface area contributed by atoms with E-state index in [1.165, 1.54) is 6.07 Å². The molecule has 0 saturated heterocycles. The summed E-state index contributed by atoms with van der Waals surface area (Å²) in [5, 5.41) is 4.36. The van der Waals surface area contributed by atoms with Crippen LogP contribution < -0.4 is 0 Å². The Morgan fingerprint density at radius 2 is 2.05 bits per heavy atom. The van der Waals surface area contributed by atoms with E-state index in [1.807, 2.05) is 31.5 Å². The lowest BCUT2D eigenvalue weighted by atomic mass is 10.2. The molecule has 2 heterocycles. The molecule has 0 aliphatic rings. The van der Waals surface area contributed by atoms with E-state index in [1.54, 1.807) is 10.7 Å². The summed E-state index contributed by atoms with van der Waals surface area (Å²) in [6, 6.07) is 5.18. The average molecular weight is 307 g/mol. The van der Waals surface area contributed by atoms with Gasteiger partial charge in [-0.1, -0.05) is 6.07 Å². The highest BCUT2D eigenvalue weighted by atomic mass is 35.5. The molecular formula is C15H16ClFN4.